The summed E-state index contributed by atoms with van der Waals surface area (Å²) in [5.74, 6) is -1.71. The van der Waals surface area contributed by atoms with Crippen LogP contribution in [0.4, 0.5) is 10.1 Å². The molecule has 33 heavy (non-hydrogen) atoms. The van der Waals surface area contributed by atoms with Crippen molar-refractivity contribution in [3.63, 3.8) is 0 Å². The summed E-state index contributed by atoms with van der Waals surface area (Å²) >= 11 is 5.87. The summed E-state index contributed by atoms with van der Waals surface area (Å²) in [7, 11) is 0. The number of hydrogen-bond donors (Lipinski definition) is 3. The third-order valence-corrected chi connectivity index (χ3v) is 5.11. The van der Waals surface area contributed by atoms with Gasteiger partial charge >= 0.3 is 0 Å². The number of anilines is 1. The van der Waals surface area contributed by atoms with Crippen molar-refractivity contribution in [3.05, 3.63) is 100 Å². The van der Waals surface area contributed by atoms with E-state index in [2.05, 4.69) is 16.0 Å². The minimum absolute atomic E-state index is 0.0100. The summed E-state index contributed by atoms with van der Waals surface area (Å²) in [4.78, 5) is 37.1. The molecule has 3 rings (SSSR count). The fourth-order valence-electron chi connectivity index (χ4n) is 3.12. The number of hydrogen-bond acceptors (Lipinski definition) is 3. The second-order valence-corrected chi connectivity index (χ2v) is 7.62. The summed E-state index contributed by atoms with van der Waals surface area (Å²) in [5, 5.41) is 8.13. The Morgan fingerprint density at radius 3 is 2.21 bits per heavy atom. The van der Waals surface area contributed by atoms with Gasteiger partial charge in [0.05, 0.1) is 21.8 Å². The monoisotopic (exact) mass is 467 g/mol. The number of halogens is 2. The van der Waals surface area contributed by atoms with Gasteiger partial charge in [-0.25, -0.2) is 4.39 Å². The van der Waals surface area contributed by atoms with Crippen molar-refractivity contribution in [2.45, 2.75) is 12.8 Å². The van der Waals surface area contributed by atoms with Crippen LogP contribution in [-0.2, 0) is 11.2 Å². The van der Waals surface area contributed by atoms with Crippen LogP contribution in [0.15, 0.2) is 72.8 Å². The second-order valence-electron chi connectivity index (χ2n) is 7.22. The minimum atomic E-state index is -0.543. The van der Waals surface area contributed by atoms with Gasteiger partial charge in [-0.05, 0) is 42.3 Å². The maximum Gasteiger partial charge on any atom is 0.253 e. The average molecular weight is 468 g/mol. The lowest BCUT2D eigenvalue weighted by Crippen LogP contribution is -2.29. The lowest BCUT2D eigenvalue weighted by Gasteiger charge is -2.12. The molecule has 6 nitrogen and oxygen atoms in total. The molecule has 170 valence electrons. The molecule has 3 aromatic carbocycles. The second kappa shape index (κ2) is 11.8. The molecule has 0 fully saturated rings. The molecule has 0 aliphatic carbocycles. The van der Waals surface area contributed by atoms with E-state index in [0.29, 0.717) is 24.2 Å². The third kappa shape index (κ3) is 7.15. The maximum absolute atomic E-state index is 13.1. The molecular weight excluding hydrogens is 445 g/mol. The Bertz CT molecular complexity index is 1140. The number of carbonyl (C=O) groups excluding carboxylic acids is 3. The first-order valence-corrected chi connectivity index (χ1v) is 10.8. The third-order valence-electron chi connectivity index (χ3n) is 4.80. The number of amides is 3. The van der Waals surface area contributed by atoms with E-state index in [4.69, 9.17) is 11.6 Å². The number of rotatable bonds is 9. The topological polar surface area (TPSA) is 87.3 Å². The molecule has 3 aromatic rings. The molecule has 0 bridgehead atoms. The number of para-hydroxylation sites is 1. The highest BCUT2D eigenvalue weighted by molar-refractivity contribution is 6.33. The summed E-state index contributed by atoms with van der Waals surface area (Å²) < 4.78 is 13.1. The van der Waals surface area contributed by atoms with Gasteiger partial charge in [0.25, 0.3) is 11.8 Å². The lowest BCUT2D eigenvalue weighted by atomic mass is 10.1. The molecule has 3 amide bonds. The predicted molar refractivity (Wildman–Crippen MR) is 126 cm³/mol. The molecular formula is C25H23ClFN3O3. The highest BCUT2D eigenvalue weighted by atomic mass is 35.5. The van der Waals surface area contributed by atoms with Gasteiger partial charge in [0, 0.05) is 19.5 Å². The highest BCUT2D eigenvalue weighted by Crippen LogP contribution is 2.17. The normalized spacial score (nSPS) is 10.4. The Morgan fingerprint density at radius 1 is 0.788 bits per heavy atom. The highest BCUT2D eigenvalue weighted by Gasteiger charge is 2.14. The standard InChI is InChI=1S/C25H23ClFN3O3/c26-21-16-18(27)10-11-19(21)24(32)29-15-13-23(31)30-22-9-5-4-8-20(22)25(33)28-14-12-17-6-2-1-3-7-17/h1-11,16H,12-15H2,(H,28,33)(H,29,32)(H,30,31). The molecule has 8 heteroatoms. The van der Waals surface area contributed by atoms with Crippen LogP contribution in [0.1, 0.15) is 32.7 Å². The number of nitrogens with one attached hydrogen (secondary N) is 3. The summed E-state index contributed by atoms with van der Waals surface area (Å²) in [6.45, 7) is 0.507. The number of carbonyl (C=O) groups is 3. The molecule has 0 saturated heterocycles. The number of benzene rings is 3. The smallest absolute Gasteiger partial charge is 0.253 e. The van der Waals surface area contributed by atoms with Gasteiger partial charge in [-0.3, -0.25) is 14.4 Å². The van der Waals surface area contributed by atoms with Gasteiger partial charge in [0.2, 0.25) is 5.91 Å². The molecule has 3 N–H and O–H groups in total. The Balaban J connectivity index is 1.49. The van der Waals surface area contributed by atoms with Gasteiger partial charge in [-0.2, -0.15) is 0 Å². The van der Waals surface area contributed by atoms with Gasteiger partial charge in [-0.15, -0.1) is 0 Å². The zero-order chi connectivity index (χ0) is 23.6. The van der Waals surface area contributed by atoms with Crippen molar-refractivity contribution in [1.29, 1.82) is 0 Å². The zero-order valence-electron chi connectivity index (χ0n) is 17.7. The lowest BCUT2D eigenvalue weighted by molar-refractivity contribution is -0.116. The van der Waals surface area contributed by atoms with Crippen molar-refractivity contribution in [3.8, 4) is 0 Å². The van der Waals surface area contributed by atoms with Crippen LogP contribution in [0.5, 0.6) is 0 Å². The summed E-state index contributed by atoms with van der Waals surface area (Å²) in [6.07, 6.45) is 0.674. The first kappa shape index (κ1) is 23.9. The van der Waals surface area contributed by atoms with Crippen molar-refractivity contribution in [1.82, 2.24) is 10.6 Å². The first-order chi connectivity index (χ1) is 15.9. The Morgan fingerprint density at radius 2 is 1.45 bits per heavy atom. The Kier molecular flexibility index (Phi) is 8.55. The van der Waals surface area contributed by atoms with Crippen LogP contribution in [0.3, 0.4) is 0 Å². The van der Waals surface area contributed by atoms with E-state index in [-0.39, 0.29) is 35.4 Å². The van der Waals surface area contributed by atoms with Crippen molar-refractivity contribution in [2.75, 3.05) is 18.4 Å². The molecule has 0 aromatic heterocycles. The van der Waals surface area contributed by atoms with E-state index in [0.717, 1.165) is 17.7 Å². The van der Waals surface area contributed by atoms with Crippen LogP contribution in [-0.4, -0.2) is 30.8 Å². The molecule has 0 saturated carbocycles. The van der Waals surface area contributed by atoms with Crippen molar-refractivity contribution >= 4 is 35.0 Å². The average Bonchev–Trinajstić information content (AvgIpc) is 2.80. The summed E-state index contributed by atoms with van der Waals surface area (Å²) in [6, 6.07) is 20.0. The van der Waals surface area contributed by atoms with Gasteiger partial charge < -0.3 is 16.0 Å². The van der Waals surface area contributed by atoms with Crippen molar-refractivity contribution in [2.24, 2.45) is 0 Å². The summed E-state index contributed by atoms with van der Waals surface area (Å²) in [5.41, 5.74) is 1.97. The van der Waals surface area contributed by atoms with E-state index in [1.165, 1.54) is 6.07 Å². The van der Waals surface area contributed by atoms with E-state index in [1.54, 1.807) is 24.3 Å². The minimum Gasteiger partial charge on any atom is -0.352 e. The fourth-order valence-corrected chi connectivity index (χ4v) is 3.37. The molecule has 0 heterocycles. The van der Waals surface area contributed by atoms with Crippen LogP contribution < -0.4 is 16.0 Å². The van der Waals surface area contributed by atoms with Gasteiger partial charge in [-0.1, -0.05) is 54.1 Å². The van der Waals surface area contributed by atoms with Gasteiger partial charge in [0.15, 0.2) is 0 Å². The van der Waals surface area contributed by atoms with Crippen LogP contribution in [0, 0.1) is 5.82 Å². The molecule has 0 radical (unpaired) electrons. The fraction of sp³-hybridized carbons (Fsp3) is 0.160. The van der Waals surface area contributed by atoms with Crippen LogP contribution in [0.25, 0.3) is 0 Å². The van der Waals surface area contributed by atoms with Crippen LogP contribution >= 0.6 is 11.6 Å². The first-order valence-electron chi connectivity index (χ1n) is 10.4. The van der Waals surface area contributed by atoms with E-state index in [9.17, 15) is 18.8 Å². The molecule has 0 aliphatic rings. The quantitative estimate of drug-likeness (QED) is 0.440. The zero-order valence-corrected chi connectivity index (χ0v) is 18.5. The predicted octanol–water partition coefficient (Wildman–Crippen LogP) is 4.21. The van der Waals surface area contributed by atoms with E-state index >= 15 is 0 Å². The molecule has 0 atom stereocenters. The molecule has 0 aliphatic heterocycles. The van der Waals surface area contributed by atoms with E-state index < -0.39 is 11.7 Å². The van der Waals surface area contributed by atoms with Gasteiger partial charge in [0.1, 0.15) is 5.82 Å². The maximum atomic E-state index is 13.1. The largest absolute Gasteiger partial charge is 0.352 e. The van der Waals surface area contributed by atoms with Crippen LogP contribution in [0.2, 0.25) is 5.02 Å². The molecule has 0 spiro atoms. The van der Waals surface area contributed by atoms with E-state index in [1.807, 2.05) is 30.3 Å². The van der Waals surface area contributed by atoms with Crippen molar-refractivity contribution < 1.29 is 18.8 Å². The Labute approximate surface area is 196 Å². The SMILES string of the molecule is O=C(CCNC(=O)c1ccc(F)cc1Cl)Nc1ccccc1C(=O)NCCc1ccccc1. The molecule has 0 unspecified atom stereocenters. The Hall–Kier alpha value is -3.71.